The highest BCUT2D eigenvalue weighted by atomic mass is 35.5. The van der Waals surface area contributed by atoms with Crippen molar-refractivity contribution >= 4 is 22.9 Å². The molecule has 1 aliphatic rings. The molecule has 1 aliphatic carbocycles. The van der Waals surface area contributed by atoms with E-state index in [-0.39, 0.29) is 0 Å². The monoisotopic (exact) mass is 215 g/mol. The highest BCUT2D eigenvalue weighted by Crippen LogP contribution is 2.34. The van der Waals surface area contributed by atoms with Crippen molar-refractivity contribution in [1.29, 1.82) is 0 Å². The fraction of sp³-hybridized carbons (Fsp3) is 0.700. The lowest BCUT2D eigenvalue weighted by Gasteiger charge is -2.24. The molecule has 0 aliphatic heterocycles. The van der Waals surface area contributed by atoms with E-state index in [0.717, 1.165) is 22.7 Å². The van der Waals surface area contributed by atoms with E-state index < -0.39 is 0 Å². The van der Waals surface area contributed by atoms with Gasteiger partial charge < -0.3 is 0 Å². The Hall–Kier alpha value is -0.0800. The average molecular weight is 216 g/mol. The number of nitrogens with zero attached hydrogens (tertiary/aromatic N) is 1. The Bertz CT molecular complexity index is 306. The summed E-state index contributed by atoms with van der Waals surface area (Å²) < 4.78 is 0.717. The van der Waals surface area contributed by atoms with Gasteiger partial charge in [0.2, 0.25) is 0 Å². The first kappa shape index (κ1) is 9.47. The van der Waals surface area contributed by atoms with Crippen LogP contribution in [0.15, 0.2) is 0 Å². The van der Waals surface area contributed by atoms with Gasteiger partial charge >= 0.3 is 0 Å². The molecule has 72 valence electrons. The first-order chi connectivity index (χ1) is 6.16. The molecule has 13 heavy (non-hydrogen) atoms. The van der Waals surface area contributed by atoms with Gasteiger partial charge in [-0.2, -0.15) is 0 Å². The quantitative estimate of drug-likeness (QED) is 0.698. The lowest BCUT2D eigenvalue weighted by atomic mass is 9.83. The third kappa shape index (κ3) is 1.89. The molecule has 0 aromatic carbocycles. The van der Waals surface area contributed by atoms with E-state index >= 15 is 0 Å². The van der Waals surface area contributed by atoms with Crippen LogP contribution in [0.3, 0.4) is 0 Å². The smallest absolute Gasteiger partial charge is 0.184 e. The van der Waals surface area contributed by atoms with E-state index in [1.807, 2.05) is 0 Å². The predicted octanol–water partition coefficient (Wildman–Crippen LogP) is 3.56. The van der Waals surface area contributed by atoms with Gasteiger partial charge in [0.25, 0.3) is 0 Å². The Morgan fingerprint density at radius 3 is 3.00 bits per heavy atom. The standard InChI is InChI=1S/C10H14ClNS/c1-6(2)7-3-4-8-9(5-7)13-10(11)12-8/h6-7H,3-5H2,1-2H3. The molecule has 1 nitrogen and oxygen atoms in total. The minimum absolute atomic E-state index is 0.717. The van der Waals surface area contributed by atoms with Crippen LogP contribution in [0.5, 0.6) is 0 Å². The van der Waals surface area contributed by atoms with Crippen molar-refractivity contribution in [3.8, 4) is 0 Å². The average Bonchev–Trinajstić information content (AvgIpc) is 2.42. The van der Waals surface area contributed by atoms with Crippen molar-refractivity contribution < 1.29 is 0 Å². The molecule has 1 aromatic heterocycles. The third-order valence-electron chi connectivity index (χ3n) is 2.89. The minimum atomic E-state index is 0.717. The van der Waals surface area contributed by atoms with Crippen molar-refractivity contribution in [2.75, 3.05) is 0 Å². The molecule has 3 heteroatoms. The largest absolute Gasteiger partial charge is 0.230 e. The van der Waals surface area contributed by atoms with Crippen molar-refractivity contribution in [1.82, 2.24) is 4.98 Å². The maximum atomic E-state index is 5.89. The Labute approximate surface area is 88.1 Å². The van der Waals surface area contributed by atoms with E-state index in [9.17, 15) is 0 Å². The van der Waals surface area contributed by atoms with Crippen LogP contribution in [-0.4, -0.2) is 4.98 Å². The fourth-order valence-electron chi connectivity index (χ4n) is 1.94. The van der Waals surface area contributed by atoms with Gasteiger partial charge in [0.05, 0.1) is 5.69 Å². The molecular formula is C10H14ClNS. The molecule has 0 spiro atoms. The molecule has 0 radical (unpaired) electrons. The Morgan fingerprint density at radius 2 is 2.31 bits per heavy atom. The third-order valence-corrected chi connectivity index (χ3v) is 4.12. The molecule has 1 atom stereocenters. The molecular weight excluding hydrogens is 202 g/mol. The highest BCUT2D eigenvalue weighted by molar-refractivity contribution is 7.15. The number of hydrogen-bond acceptors (Lipinski definition) is 2. The van der Waals surface area contributed by atoms with Crippen molar-refractivity contribution in [2.24, 2.45) is 11.8 Å². The van der Waals surface area contributed by atoms with Crippen molar-refractivity contribution in [2.45, 2.75) is 33.1 Å². The van der Waals surface area contributed by atoms with E-state index in [4.69, 9.17) is 11.6 Å². The van der Waals surface area contributed by atoms with Crippen molar-refractivity contribution in [3.05, 3.63) is 15.0 Å². The van der Waals surface area contributed by atoms with Crippen molar-refractivity contribution in [3.63, 3.8) is 0 Å². The molecule has 0 N–H and O–H groups in total. The number of rotatable bonds is 1. The zero-order valence-corrected chi connectivity index (χ0v) is 9.58. The van der Waals surface area contributed by atoms with Crippen LogP contribution in [0.2, 0.25) is 4.47 Å². The molecule has 0 amide bonds. The SMILES string of the molecule is CC(C)C1CCc2nc(Cl)sc2C1. The summed E-state index contributed by atoms with van der Waals surface area (Å²) in [4.78, 5) is 5.75. The number of thiazole rings is 1. The van der Waals surface area contributed by atoms with E-state index in [0.29, 0.717) is 0 Å². The second-order valence-electron chi connectivity index (χ2n) is 4.08. The number of fused-ring (bicyclic) bond motifs is 1. The van der Waals surface area contributed by atoms with Gasteiger partial charge in [0, 0.05) is 4.88 Å². The maximum absolute atomic E-state index is 5.89. The van der Waals surface area contributed by atoms with Crippen LogP contribution in [-0.2, 0) is 12.8 Å². The molecule has 0 fully saturated rings. The van der Waals surface area contributed by atoms with Crippen LogP contribution in [0, 0.1) is 11.8 Å². The summed E-state index contributed by atoms with van der Waals surface area (Å²) in [5.74, 6) is 1.62. The van der Waals surface area contributed by atoms with E-state index in [1.165, 1.54) is 23.4 Å². The van der Waals surface area contributed by atoms with Gasteiger partial charge in [-0.05, 0) is 31.1 Å². The minimum Gasteiger partial charge on any atom is -0.230 e. The van der Waals surface area contributed by atoms with Crippen LogP contribution < -0.4 is 0 Å². The van der Waals surface area contributed by atoms with Crippen LogP contribution in [0.1, 0.15) is 30.8 Å². The van der Waals surface area contributed by atoms with Crippen LogP contribution in [0.4, 0.5) is 0 Å². The summed E-state index contributed by atoms with van der Waals surface area (Å²) in [5.41, 5.74) is 1.26. The van der Waals surface area contributed by atoms with Gasteiger partial charge in [-0.15, -0.1) is 11.3 Å². The summed E-state index contributed by atoms with van der Waals surface area (Å²) in [6.45, 7) is 4.61. The summed E-state index contributed by atoms with van der Waals surface area (Å²) >= 11 is 7.55. The van der Waals surface area contributed by atoms with Gasteiger partial charge in [-0.25, -0.2) is 4.98 Å². The van der Waals surface area contributed by atoms with Gasteiger partial charge in [0.15, 0.2) is 4.47 Å². The fourth-order valence-corrected chi connectivity index (χ4v) is 3.24. The zero-order chi connectivity index (χ0) is 9.42. The molecule has 1 aromatic rings. The number of aryl methyl sites for hydroxylation is 1. The maximum Gasteiger partial charge on any atom is 0.184 e. The summed E-state index contributed by atoms with van der Waals surface area (Å²) in [5, 5.41) is 0. The molecule has 0 saturated heterocycles. The summed E-state index contributed by atoms with van der Waals surface area (Å²) in [6.07, 6.45) is 3.60. The lowest BCUT2D eigenvalue weighted by molar-refractivity contribution is 0.344. The van der Waals surface area contributed by atoms with Gasteiger partial charge in [-0.3, -0.25) is 0 Å². The Morgan fingerprint density at radius 1 is 1.54 bits per heavy atom. The summed E-state index contributed by atoms with van der Waals surface area (Å²) in [6, 6.07) is 0. The van der Waals surface area contributed by atoms with Crippen LogP contribution >= 0.6 is 22.9 Å². The number of hydrogen-bond donors (Lipinski definition) is 0. The van der Waals surface area contributed by atoms with E-state index in [2.05, 4.69) is 18.8 Å². The summed E-state index contributed by atoms with van der Waals surface area (Å²) in [7, 11) is 0. The predicted molar refractivity (Wildman–Crippen MR) is 57.5 cm³/mol. The second kappa shape index (κ2) is 3.58. The van der Waals surface area contributed by atoms with E-state index in [1.54, 1.807) is 11.3 Å². The second-order valence-corrected chi connectivity index (χ2v) is 5.75. The normalized spacial score (nSPS) is 22.0. The number of halogens is 1. The topological polar surface area (TPSA) is 12.9 Å². The molecule has 1 heterocycles. The lowest BCUT2D eigenvalue weighted by Crippen LogP contribution is -2.17. The first-order valence-corrected chi connectivity index (χ1v) is 6.00. The number of aromatic nitrogens is 1. The first-order valence-electron chi connectivity index (χ1n) is 4.81. The Balaban J connectivity index is 2.19. The molecule has 2 rings (SSSR count). The van der Waals surface area contributed by atoms with Crippen LogP contribution in [0.25, 0.3) is 0 Å². The van der Waals surface area contributed by atoms with Gasteiger partial charge in [0.1, 0.15) is 0 Å². The Kier molecular flexibility index (Phi) is 2.61. The van der Waals surface area contributed by atoms with Gasteiger partial charge in [-0.1, -0.05) is 25.4 Å². The molecule has 1 unspecified atom stereocenters. The highest BCUT2D eigenvalue weighted by Gasteiger charge is 2.23. The zero-order valence-electron chi connectivity index (χ0n) is 8.01. The molecule has 0 saturated carbocycles. The molecule has 0 bridgehead atoms.